The molecule has 0 bridgehead atoms. The van der Waals surface area contributed by atoms with Crippen LogP contribution in [0, 0.1) is 5.82 Å². The summed E-state index contributed by atoms with van der Waals surface area (Å²) >= 11 is 2.57. The average molecular weight is 365 g/mol. The van der Waals surface area contributed by atoms with Crippen molar-refractivity contribution in [1.82, 2.24) is 10.2 Å². The topological polar surface area (TPSA) is 63.2 Å². The minimum Gasteiger partial charge on any atom is -0.293 e. The molecular weight excluding hydrogens is 349 g/mol. The van der Waals surface area contributed by atoms with Crippen LogP contribution in [0.2, 0.25) is 0 Å². The summed E-state index contributed by atoms with van der Waals surface area (Å²) in [5.41, 5.74) is 0.336. The second-order valence-electron chi connectivity index (χ2n) is 5.61. The maximum atomic E-state index is 13.3. The lowest BCUT2D eigenvalue weighted by Gasteiger charge is -2.15. The van der Waals surface area contributed by atoms with Gasteiger partial charge in [-0.1, -0.05) is 35.2 Å². The molecule has 1 unspecified atom stereocenters. The van der Waals surface area contributed by atoms with E-state index in [1.54, 1.807) is 17.9 Å². The maximum Gasteiger partial charge on any atom is 0.225 e. The van der Waals surface area contributed by atoms with Gasteiger partial charge in [0.1, 0.15) is 5.82 Å². The molecule has 1 atom stereocenters. The summed E-state index contributed by atoms with van der Waals surface area (Å²) in [7, 11) is 0. The highest BCUT2D eigenvalue weighted by Gasteiger charge is 2.34. The molecule has 0 N–H and O–H groups in total. The quantitative estimate of drug-likeness (QED) is 0.445. The van der Waals surface area contributed by atoms with E-state index in [0.29, 0.717) is 15.0 Å². The maximum absolute atomic E-state index is 13.3. The van der Waals surface area contributed by atoms with Crippen LogP contribution in [0.15, 0.2) is 28.6 Å². The van der Waals surface area contributed by atoms with Crippen LogP contribution in [0.5, 0.6) is 0 Å². The number of Topliss-reactive ketones (excluding diaryl/α,β-unsaturated/α-hetero) is 1. The Morgan fingerprint density at radius 1 is 1.38 bits per heavy atom. The Hall–Kier alpha value is -1.80. The fourth-order valence-corrected chi connectivity index (χ4v) is 4.49. The molecule has 1 aliphatic carbocycles. The third kappa shape index (κ3) is 3.81. The highest BCUT2D eigenvalue weighted by Crippen LogP contribution is 2.37. The van der Waals surface area contributed by atoms with E-state index in [4.69, 9.17) is 0 Å². The van der Waals surface area contributed by atoms with Crippen LogP contribution >= 0.6 is 23.1 Å². The van der Waals surface area contributed by atoms with E-state index in [1.807, 2.05) is 0 Å². The van der Waals surface area contributed by atoms with Crippen LogP contribution < -0.4 is 4.90 Å². The van der Waals surface area contributed by atoms with Crippen molar-refractivity contribution in [2.24, 2.45) is 0 Å². The van der Waals surface area contributed by atoms with Gasteiger partial charge in [0.2, 0.25) is 11.0 Å². The fraction of sp³-hybridized carbons (Fsp3) is 0.375. The van der Waals surface area contributed by atoms with E-state index in [1.165, 1.54) is 48.2 Å². The van der Waals surface area contributed by atoms with Crippen molar-refractivity contribution < 1.29 is 14.0 Å². The van der Waals surface area contributed by atoms with Crippen molar-refractivity contribution in [3.63, 3.8) is 0 Å². The zero-order chi connectivity index (χ0) is 17.3. The number of rotatable bonds is 6. The van der Waals surface area contributed by atoms with Crippen LogP contribution in [-0.4, -0.2) is 33.2 Å². The first-order valence-electron chi connectivity index (χ1n) is 7.55. The van der Waals surface area contributed by atoms with Crippen molar-refractivity contribution >= 4 is 39.9 Å². The minimum absolute atomic E-state index is 0.0471. The van der Waals surface area contributed by atoms with Gasteiger partial charge in [-0.2, -0.15) is 0 Å². The van der Waals surface area contributed by atoms with Gasteiger partial charge in [-0.25, -0.2) is 4.39 Å². The van der Waals surface area contributed by atoms with Gasteiger partial charge < -0.3 is 0 Å². The number of carbonyl (C=O) groups is 2. The second kappa shape index (κ2) is 6.98. The number of carbonyl (C=O) groups excluding carboxylic acids is 2. The summed E-state index contributed by atoms with van der Waals surface area (Å²) in [6, 6.07) is 5.87. The largest absolute Gasteiger partial charge is 0.293 e. The standard InChI is InChI=1S/C16H16FN3O2S2/c1-9(14(22)11-4-3-5-12(17)8-11)23-16-19-18-15(24-16)20(10(2)21)13-6-7-13/h3-5,8-9,13H,6-7H2,1-2H3. The second-order valence-corrected chi connectivity index (χ2v) is 8.15. The smallest absolute Gasteiger partial charge is 0.225 e. The Morgan fingerprint density at radius 3 is 2.75 bits per heavy atom. The van der Waals surface area contributed by atoms with Gasteiger partial charge in [0.15, 0.2) is 10.1 Å². The number of thioether (sulfide) groups is 1. The van der Waals surface area contributed by atoms with Gasteiger partial charge in [-0.3, -0.25) is 14.5 Å². The van der Waals surface area contributed by atoms with E-state index in [-0.39, 0.29) is 17.7 Å². The Kier molecular flexibility index (Phi) is 4.96. The summed E-state index contributed by atoms with van der Waals surface area (Å²) in [6.45, 7) is 3.27. The van der Waals surface area contributed by atoms with Gasteiger partial charge in [0, 0.05) is 18.5 Å². The van der Waals surface area contributed by atoms with Crippen LogP contribution in [0.1, 0.15) is 37.0 Å². The lowest BCUT2D eigenvalue weighted by Crippen LogP contribution is -2.30. The summed E-state index contributed by atoms with van der Waals surface area (Å²) in [5.74, 6) is -0.645. The molecule has 1 aliphatic rings. The lowest BCUT2D eigenvalue weighted by molar-refractivity contribution is -0.116. The molecule has 0 saturated heterocycles. The summed E-state index contributed by atoms with van der Waals surface area (Å²) in [5, 5.41) is 8.30. The SMILES string of the molecule is CC(=O)N(c1nnc(SC(C)C(=O)c2cccc(F)c2)s1)C1CC1. The summed E-state index contributed by atoms with van der Waals surface area (Å²) in [4.78, 5) is 25.8. The number of hydrogen-bond acceptors (Lipinski definition) is 6. The van der Waals surface area contributed by atoms with Gasteiger partial charge in [-0.05, 0) is 31.9 Å². The van der Waals surface area contributed by atoms with Gasteiger partial charge >= 0.3 is 0 Å². The third-order valence-electron chi connectivity index (χ3n) is 3.61. The van der Waals surface area contributed by atoms with E-state index in [9.17, 15) is 14.0 Å². The Balaban J connectivity index is 1.70. The van der Waals surface area contributed by atoms with Crippen LogP contribution in [0.25, 0.3) is 0 Å². The molecule has 1 amide bonds. The third-order valence-corrected chi connectivity index (χ3v) is 5.72. The molecule has 1 fully saturated rings. The van der Waals surface area contributed by atoms with E-state index >= 15 is 0 Å². The van der Waals surface area contributed by atoms with Gasteiger partial charge in [-0.15, -0.1) is 10.2 Å². The molecule has 24 heavy (non-hydrogen) atoms. The number of benzene rings is 1. The molecular formula is C16H16FN3O2S2. The zero-order valence-electron chi connectivity index (χ0n) is 13.2. The van der Waals surface area contributed by atoms with Crippen LogP contribution in [0.4, 0.5) is 9.52 Å². The van der Waals surface area contributed by atoms with E-state index in [2.05, 4.69) is 10.2 Å². The molecule has 5 nitrogen and oxygen atoms in total. The molecule has 2 aromatic rings. The number of ketones is 1. The predicted octanol–water partition coefficient (Wildman–Crippen LogP) is 3.56. The number of nitrogens with zero attached hydrogens (tertiary/aromatic N) is 3. The number of halogens is 1. The first kappa shape index (κ1) is 17.0. The molecule has 1 heterocycles. The zero-order valence-corrected chi connectivity index (χ0v) is 14.9. The highest BCUT2D eigenvalue weighted by molar-refractivity contribution is 8.02. The fourth-order valence-electron chi connectivity index (χ4n) is 2.31. The number of anilines is 1. The van der Waals surface area contributed by atoms with Crippen LogP contribution in [-0.2, 0) is 4.79 Å². The monoisotopic (exact) mass is 365 g/mol. The van der Waals surface area contributed by atoms with Crippen molar-refractivity contribution in [2.45, 2.75) is 42.3 Å². The Morgan fingerprint density at radius 2 is 2.12 bits per heavy atom. The first-order chi connectivity index (χ1) is 11.5. The Labute approximate surface area is 147 Å². The molecule has 1 aromatic heterocycles. The van der Waals surface area contributed by atoms with E-state index < -0.39 is 11.1 Å². The predicted molar refractivity (Wildman–Crippen MR) is 92.1 cm³/mol. The number of aromatic nitrogens is 2. The van der Waals surface area contributed by atoms with Crippen molar-refractivity contribution in [3.05, 3.63) is 35.6 Å². The highest BCUT2D eigenvalue weighted by atomic mass is 32.2. The molecule has 1 saturated carbocycles. The van der Waals surface area contributed by atoms with Crippen molar-refractivity contribution in [1.29, 1.82) is 0 Å². The van der Waals surface area contributed by atoms with Crippen molar-refractivity contribution in [3.8, 4) is 0 Å². The summed E-state index contributed by atoms with van der Waals surface area (Å²) in [6.07, 6.45) is 1.96. The minimum atomic E-state index is -0.433. The molecule has 126 valence electrons. The van der Waals surface area contributed by atoms with Gasteiger partial charge in [0.05, 0.1) is 5.25 Å². The number of amides is 1. The average Bonchev–Trinajstić information content (AvgIpc) is 3.26. The van der Waals surface area contributed by atoms with E-state index in [0.717, 1.165) is 12.8 Å². The molecule has 3 rings (SSSR count). The van der Waals surface area contributed by atoms with Crippen molar-refractivity contribution in [2.75, 3.05) is 4.90 Å². The molecule has 0 radical (unpaired) electrons. The van der Waals surface area contributed by atoms with Crippen LogP contribution in [0.3, 0.4) is 0 Å². The normalized spacial score (nSPS) is 15.1. The molecule has 0 spiro atoms. The molecule has 8 heteroatoms. The van der Waals surface area contributed by atoms with Gasteiger partial charge in [0.25, 0.3) is 0 Å². The summed E-state index contributed by atoms with van der Waals surface area (Å²) < 4.78 is 13.9. The Bertz CT molecular complexity index is 776. The first-order valence-corrected chi connectivity index (χ1v) is 9.25. The number of hydrogen-bond donors (Lipinski definition) is 0. The lowest BCUT2D eigenvalue weighted by atomic mass is 10.1. The molecule has 0 aliphatic heterocycles. The molecule has 1 aromatic carbocycles.